The molecule has 1 aromatic heterocycles. The van der Waals surface area contributed by atoms with Crippen LogP contribution in [0.1, 0.15) is 39.0 Å². The molecule has 1 amide bonds. The molecule has 7 heteroatoms. The summed E-state index contributed by atoms with van der Waals surface area (Å²) in [4.78, 5) is 18.4. The molecule has 0 bridgehead atoms. The number of likely N-dealkylation sites (tertiary alicyclic amines) is 1. The van der Waals surface area contributed by atoms with Gasteiger partial charge in [0.1, 0.15) is 5.75 Å². The van der Waals surface area contributed by atoms with Crippen molar-refractivity contribution in [2.24, 2.45) is 35.5 Å². The first-order valence-electron chi connectivity index (χ1n) is 12.6. The number of aromatic amines is 1. The summed E-state index contributed by atoms with van der Waals surface area (Å²) >= 11 is 0. The number of fused-ring (bicyclic) bond motifs is 3. The van der Waals surface area contributed by atoms with E-state index in [0.717, 1.165) is 40.8 Å². The van der Waals surface area contributed by atoms with E-state index in [0.29, 0.717) is 25.1 Å². The normalized spacial score (nSPS) is 34.4. The molecule has 1 aliphatic heterocycles. The highest BCUT2D eigenvalue weighted by molar-refractivity contribution is 6.02. The smallest absolute Gasteiger partial charge is 0.254 e. The van der Waals surface area contributed by atoms with E-state index in [-0.39, 0.29) is 11.8 Å². The van der Waals surface area contributed by atoms with E-state index >= 15 is 0 Å². The van der Waals surface area contributed by atoms with Gasteiger partial charge in [0, 0.05) is 47.9 Å². The Morgan fingerprint density at radius 2 is 1.91 bits per heavy atom. The Bertz CT molecular complexity index is 1030. The van der Waals surface area contributed by atoms with Crippen LogP contribution in [0.4, 0.5) is 14.5 Å². The second-order valence-electron chi connectivity index (χ2n) is 10.8. The third kappa shape index (κ3) is 3.82. The minimum atomic E-state index is -2.54. The molecule has 33 heavy (non-hydrogen) atoms. The van der Waals surface area contributed by atoms with Gasteiger partial charge in [-0.1, -0.05) is 6.92 Å². The number of amides is 1. The third-order valence-electron chi connectivity index (χ3n) is 8.89. The van der Waals surface area contributed by atoms with Crippen molar-refractivity contribution in [3.8, 4) is 5.75 Å². The number of carbonyl (C=O) groups excluding carboxylic acids is 1. The number of ether oxygens (including phenoxy) is 1. The van der Waals surface area contributed by atoms with E-state index in [9.17, 15) is 13.6 Å². The Hall–Kier alpha value is -2.15. The number of aromatic nitrogens is 1. The standard InChI is InChI=1S/C26H33F2N3O2/c1-2-31-13-17-7-15(8-18(17)14-31)5-6-33-19-3-4-23-20(11-19)24(12-29-23)30-25(32)16-9-21-22(10-16)26(21,27)28/h3-4,11-12,15-18,21-22,29H,2,5-10,13-14H2,1H3,(H,30,32)/t15?,16?,17-,18+,21?,22?. The lowest BCUT2D eigenvalue weighted by molar-refractivity contribution is -0.120. The minimum Gasteiger partial charge on any atom is -0.494 e. The zero-order valence-electron chi connectivity index (χ0n) is 19.2. The molecule has 2 N–H and O–H groups in total. The van der Waals surface area contributed by atoms with Crippen molar-refractivity contribution in [1.29, 1.82) is 0 Å². The lowest BCUT2D eigenvalue weighted by Crippen LogP contribution is -2.23. The molecule has 4 fully saturated rings. The average molecular weight is 458 g/mol. The fourth-order valence-corrected chi connectivity index (χ4v) is 6.91. The Morgan fingerprint density at radius 1 is 1.18 bits per heavy atom. The van der Waals surface area contributed by atoms with Gasteiger partial charge < -0.3 is 19.9 Å². The van der Waals surface area contributed by atoms with Gasteiger partial charge in [-0.25, -0.2) is 8.78 Å². The zero-order chi connectivity index (χ0) is 22.7. The Morgan fingerprint density at radius 3 is 2.61 bits per heavy atom. The Kier molecular flexibility index (Phi) is 5.16. The van der Waals surface area contributed by atoms with Crippen LogP contribution in [0.5, 0.6) is 5.75 Å². The molecule has 3 saturated carbocycles. The van der Waals surface area contributed by atoms with Crippen LogP contribution in [-0.2, 0) is 4.79 Å². The molecule has 3 unspecified atom stereocenters. The quantitative estimate of drug-likeness (QED) is 0.605. The van der Waals surface area contributed by atoms with Gasteiger partial charge in [0.15, 0.2) is 0 Å². The predicted molar refractivity (Wildman–Crippen MR) is 124 cm³/mol. The van der Waals surface area contributed by atoms with E-state index in [1.54, 1.807) is 6.20 Å². The molecule has 3 aliphatic carbocycles. The SMILES string of the molecule is CCN1C[C@H]2CC(CCOc3ccc4[nH]cc(NC(=O)C5CC6C(C5)C6(F)F)c4c3)C[C@H]2C1. The number of halogens is 2. The van der Waals surface area contributed by atoms with Crippen molar-refractivity contribution in [3.63, 3.8) is 0 Å². The number of H-pyrrole nitrogens is 1. The van der Waals surface area contributed by atoms with Gasteiger partial charge in [-0.15, -0.1) is 0 Å². The number of carbonyl (C=O) groups is 1. The van der Waals surface area contributed by atoms with Gasteiger partial charge in [-0.2, -0.15) is 0 Å². The Labute approximate surface area is 193 Å². The molecule has 5 atom stereocenters. The van der Waals surface area contributed by atoms with Crippen molar-refractivity contribution in [2.75, 3.05) is 31.6 Å². The van der Waals surface area contributed by atoms with Crippen LogP contribution in [0.15, 0.2) is 24.4 Å². The number of rotatable bonds is 7. The number of hydrogen-bond acceptors (Lipinski definition) is 3. The summed E-state index contributed by atoms with van der Waals surface area (Å²) < 4.78 is 33.0. The third-order valence-corrected chi connectivity index (χ3v) is 8.89. The topological polar surface area (TPSA) is 57.4 Å². The van der Waals surface area contributed by atoms with Crippen molar-refractivity contribution in [2.45, 2.75) is 45.0 Å². The number of hydrogen-bond donors (Lipinski definition) is 2. The molecular formula is C26H33F2N3O2. The van der Waals surface area contributed by atoms with E-state index in [1.165, 1.54) is 32.5 Å². The van der Waals surface area contributed by atoms with Crippen molar-refractivity contribution >= 4 is 22.5 Å². The van der Waals surface area contributed by atoms with Crippen LogP contribution in [0.25, 0.3) is 10.9 Å². The fourth-order valence-electron chi connectivity index (χ4n) is 6.91. The lowest BCUT2D eigenvalue weighted by Gasteiger charge is -2.17. The zero-order valence-corrected chi connectivity index (χ0v) is 19.2. The first kappa shape index (κ1) is 21.4. The molecule has 178 valence electrons. The van der Waals surface area contributed by atoms with Crippen LogP contribution in [-0.4, -0.2) is 48.0 Å². The van der Waals surface area contributed by atoms with Crippen LogP contribution < -0.4 is 10.1 Å². The summed E-state index contributed by atoms with van der Waals surface area (Å²) in [6.45, 7) is 6.66. The van der Waals surface area contributed by atoms with Crippen LogP contribution in [0, 0.1) is 35.5 Å². The number of alkyl halides is 2. The summed E-state index contributed by atoms with van der Waals surface area (Å²) in [6.07, 6.45) is 6.09. The van der Waals surface area contributed by atoms with Crippen molar-refractivity contribution in [1.82, 2.24) is 9.88 Å². The molecule has 4 aliphatic rings. The molecule has 0 radical (unpaired) electrons. The minimum absolute atomic E-state index is 0.154. The maximum absolute atomic E-state index is 13.4. The molecule has 2 heterocycles. The van der Waals surface area contributed by atoms with Gasteiger partial charge in [0.25, 0.3) is 5.92 Å². The molecule has 5 nitrogen and oxygen atoms in total. The molecule has 0 spiro atoms. The molecular weight excluding hydrogens is 424 g/mol. The highest BCUT2D eigenvalue weighted by atomic mass is 19.3. The van der Waals surface area contributed by atoms with E-state index < -0.39 is 17.8 Å². The van der Waals surface area contributed by atoms with Crippen LogP contribution >= 0.6 is 0 Å². The molecule has 1 aromatic carbocycles. The van der Waals surface area contributed by atoms with Gasteiger partial charge in [0.2, 0.25) is 5.91 Å². The van der Waals surface area contributed by atoms with Gasteiger partial charge in [0.05, 0.1) is 12.3 Å². The molecule has 6 rings (SSSR count). The largest absolute Gasteiger partial charge is 0.494 e. The van der Waals surface area contributed by atoms with E-state index in [4.69, 9.17) is 4.74 Å². The second kappa shape index (κ2) is 7.97. The number of benzene rings is 1. The summed E-state index contributed by atoms with van der Waals surface area (Å²) in [5.41, 5.74) is 1.61. The van der Waals surface area contributed by atoms with Gasteiger partial charge >= 0.3 is 0 Å². The first-order valence-corrected chi connectivity index (χ1v) is 12.6. The Balaban J connectivity index is 1.03. The highest BCUT2D eigenvalue weighted by Crippen LogP contribution is 2.65. The fraction of sp³-hybridized carbons (Fsp3) is 0.654. The summed E-state index contributed by atoms with van der Waals surface area (Å²) in [6, 6.07) is 5.88. The van der Waals surface area contributed by atoms with Crippen molar-refractivity contribution in [3.05, 3.63) is 24.4 Å². The van der Waals surface area contributed by atoms with Crippen LogP contribution in [0.2, 0.25) is 0 Å². The summed E-state index contributed by atoms with van der Waals surface area (Å²) in [5.74, 6) is -0.912. The van der Waals surface area contributed by atoms with Gasteiger partial charge in [-0.05, 0) is 74.6 Å². The van der Waals surface area contributed by atoms with Crippen LogP contribution in [0.3, 0.4) is 0 Å². The van der Waals surface area contributed by atoms with Gasteiger partial charge in [-0.3, -0.25) is 4.79 Å². The predicted octanol–water partition coefficient (Wildman–Crippen LogP) is 5.14. The van der Waals surface area contributed by atoms with E-state index in [2.05, 4.69) is 22.1 Å². The summed E-state index contributed by atoms with van der Waals surface area (Å²) in [5, 5.41) is 3.85. The highest BCUT2D eigenvalue weighted by Gasteiger charge is 2.72. The second-order valence-corrected chi connectivity index (χ2v) is 10.8. The van der Waals surface area contributed by atoms with E-state index in [1.807, 2.05) is 18.2 Å². The number of anilines is 1. The monoisotopic (exact) mass is 457 g/mol. The van der Waals surface area contributed by atoms with Crippen molar-refractivity contribution < 1.29 is 18.3 Å². The summed E-state index contributed by atoms with van der Waals surface area (Å²) in [7, 11) is 0. The average Bonchev–Trinajstić information content (AvgIpc) is 3.39. The number of nitrogens with one attached hydrogen (secondary N) is 2. The first-order chi connectivity index (χ1) is 15.9. The lowest BCUT2D eigenvalue weighted by atomic mass is 10.0. The number of nitrogens with zero attached hydrogens (tertiary/aromatic N) is 1. The molecule has 2 aromatic rings. The maximum Gasteiger partial charge on any atom is 0.254 e. The maximum atomic E-state index is 13.4. The molecule has 1 saturated heterocycles.